The Hall–Kier alpha value is -2.97. The third-order valence-corrected chi connectivity index (χ3v) is 3.64. The Kier molecular flexibility index (Phi) is 4.39. The number of aromatic nitrogens is 1. The summed E-state index contributed by atoms with van der Waals surface area (Å²) in [7, 11) is 1.75. The Morgan fingerprint density at radius 2 is 2.00 bits per heavy atom. The van der Waals surface area contributed by atoms with Crippen LogP contribution in [0.15, 0.2) is 41.5 Å². The predicted octanol–water partition coefficient (Wildman–Crippen LogP) is 2.78. The molecular formula is C16H16F3N5O. The molecule has 1 aromatic heterocycles. The molecule has 0 fully saturated rings. The summed E-state index contributed by atoms with van der Waals surface area (Å²) < 4.78 is 43.9. The van der Waals surface area contributed by atoms with Gasteiger partial charge in [-0.1, -0.05) is 0 Å². The number of ether oxygens (including phenoxy) is 1. The first-order chi connectivity index (χ1) is 11.9. The highest BCUT2D eigenvalue weighted by Gasteiger charge is 2.42. The minimum atomic E-state index is -4.36. The van der Waals surface area contributed by atoms with Gasteiger partial charge in [0.1, 0.15) is 29.1 Å². The fourth-order valence-electron chi connectivity index (χ4n) is 2.35. The number of nitrogens with zero attached hydrogens (tertiary/aromatic N) is 2. The van der Waals surface area contributed by atoms with Crippen LogP contribution in [0.2, 0.25) is 0 Å². The maximum Gasteiger partial charge on any atom is 0.410 e. The number of amidine groups is 1. The third kappa shape index (κ3) is 3.76. The lowest BCUT2D eigenvalue weighted by Crippen LogP contribution is -2.42. The molecule has 0 spiro atoms. The summed E-state index contributed by atoms with van der Waals surface area (Å²) in [5.41, 5.74) is 7.45. The number of hydrogen-bond donors (Lipinski definition) is 3. The molecule has 0 bridgehead atoms. The number of rotatable bonds is 4. The van der Waals surface area contributed by atoms with Gasteiger partial charge >= 0.3 is 6.18 Å². The molecule has 0 saturated heterocycles. The lowest BCUT2D eigenvalue weighted by atomic mass is 10.2. The number of alkyl halides is 3. The highest BCUT2D eigenvalue weighted by atomic mass is 19.4. The van der Waals surface area contributed by atoms with Gasteiger partial charge < -0.3 is 21.1 Å². The van der Waals surface area contributed by atoms with Crippen molar-refractivity contribution in [1.29, 1.82) is 0 Å². The lowest BCUT2D eigenvalue weighted by Gasteiger charge is -2.15. The average molecular weight is 351 g/mol. The van der Waals surface area contributed by atoms with Crippen LogP contribution < -0.4 is 21.1 Å². The molecule has 9 heteroatoms. The van der Waals surface area contributed by atoms with E-state index in [2.05, 4.69) is 20.6 Å². The second kappa shape index (κ2) is 6.50. The molecule has 4 N–H and O–H groups in total. The molecule has 1 atom stereocenters. The van der Waals surface area contributed by atoms with Crippen molar-refractivity contribution in [1.82, 2.24) is 10.3 Å². The minimum Gasteiger partial charge on any atom is -0.457 e. The molecule has 1 aliphatic heterocycles. The van der Waals surface area contributed by atoms with E-state index >= 15 is 0 Å². The van der Waals surface area contributed by atoms with Gasteiger partial charge in [0.15, 0.2) is 0 Å². The van der Waals surface area contributed by atoms with Gasteiger partial charge in [-0.05, 0) is 18.2 Å². The molecule has 0 aliphatic carbocycles. The van der Waals surface area contributed by atoms with E-state index in [9.17, 15) is 13.2 Å². The minimum absolute atomic E-state index is 0.0952. The Balaban J connectivity index is 1.75. The van der Waals surface area contributed by atoms with Gasteiger partial charge in [0.25, 0.3) is 0 Å². The second-order valence-corrected chi connectivity index (χ2v) is 5.41. The van der Waals surface area contributed by atoms with Gasteiger partial charge in [-0.2, -0.15) is 13.2 Å². The van der Waals surface area contributed by atoms with Crippen molar-refractivity contribution in [2.24, 2.45) is 4.99 Å². The SMILES string of the molecule is CNc1ccc(Oc2ccnc(C3=NCC(C(F)(F)F)N3)c2)cc1N. The van der Waals surface area contributed by atoms with Crippen LogP contribution in [0.4, 0.5) is 24.5 Å². The van der Waals surface area contributed by atoms with E-state index in [-0.39, 0.29) is 18.1 Å². The average Bonchev–Trinajstić information content (AvgIpc) is 3.06. The summed E-state index contributed by atoms with van der Waals surface area (Å²) in [6.07, 6.45) is -2.91. The van der Waals surface area contributed by atoms with Gasteiger partial charge in [0, 0.05) is 25.4 Å². The number of aliphatic imine (C=N–C) groups is 1. The number of anilines is 2. The summed E-state index contributed by atoms with van der Waals surface area (Å²) >= 11 is 0. The van der Waals surface area contributed by atoms with Crippen LogP contribution in [0.25, 0.3) is 0 Å². The number of nitrogens with one attached hydrogen (secondary N) is 2. The molecule has 0 radical (unpaired) electrons. The van der Waals surface area contributed by atoms with Gasteiger partial charge in [-0.25, -0.2) is 0 Å². The zero-order valence-corrected chi connectivity index (χ0v) is 13.3. The summed E-state index contributed by atoms with van der Waals surface area (Å²) in [6, 6.07) is 6.57. The molecule has 2 heterocycles. The van der Waals surface area contributed by atoms with E-state index in [0.29, 0.717) is 17.2 Å². The van der Waals surface area contributed by atoms with Crippen LogP contribution in [-0.2, 0) is 0 Å². The zero-order valence-electron chi connectivity index (χ0n) is 13.3. The number of hydrogen-bond acceptors (Lipinski definition) is 6. The van der Waals surface area contributed by atoms with Crippen molar-refractivity contribution < 1.29 is 17.9 Å². The number of benzene rings is 1. The molecule has 0 amide bonds. The summed E-state index contributed by atoms with van der Waals surface area (Å²) in [6.45, 7) is -0.367. The van der Waals surface area contributed by atoms with E-state index in [1.807, 2.05) is 0 Å². The number of nitrogens with two attached hydrogens (primary N) is 1. The maximum absolute atomic E-state index is 12.7. The first-order valence-electron chi connectivity index (χ1n) is 7.46. The van der Waals surface area contributed by atoms with E-state index in [0.717, 1.165) is 5.69 Å². The summed E-state index contributed by atoms with van der Waals surface area (Å²) in [5, 5.41) is 5.28. The number of nitrogen functional groups attached to an aromatic ring is 1. The van der Waals surface area contributed by atoms with Crippen LogP contribution in [0.1, 0.15) is 5.69 Å². The Labute approximate surface area is 141 Å². The van der Waals surface area contributed by atoms with Crippen LogP contribution >= 0.6 is 0 Å². The van der Waals surface area contributed by atoms with Crippen molar-refractivity contribution >= 4 is 17.2 Å². The number of halogens is 3. The van der Waals surface area contributed by atoms with Gasteiger partial charge in [0.05, 0.1) is 17.9 Å². The Morgan fingerprint density at radius 1 is 1.24 bits per heavy atom. The van der Waals surface area contributed by atoms with Crippen molar-refractivity contribution in [3.05, 3.63) is 42.2 Å². The predicted molar refractivity (Wildman–Crippen MR) is 89.1 cm³/mol. The Bertz CT molecular complexity index is 807. The normalized spacial score (nSPS) is 17.0. The van der Waals surface area contributed by atoms with E-state index < -0.39 is 12.2 Å². The van der Waals surface area contributed by atoms with Gasteiger partial charge in [-0.15, -0.1) is 0 Å². The topological polar surface area (TPSA) is 84.6 Å². The van der Waals surface area contributed by atoms with E-state index in [1.165, 1.54) is 12.3 Å². The summed E-state index contributed by atoms with van der Waals surface area (Å²) in [5.74, 6) is 1.02. The molecule has 1 aromatic carbocycles. The molecule has 1 aliphatic rings. The Morgan fingerprint density at radius 3 is 2.64 bits per heavy atom. The quantitative estimate of drug-likeness (QED) is 0.738. The van der Waals surface area contributed by atoms with Gasteiger partial charge in [0.2, 0.25) is 0 Å². The van der Waals surface area contributed by atoms with Gasteiger partial charge in [-0.3, -0.25) is 9.98 Å². The first kappa shape index (κ1) is 16.9. The first-order valence-corrected chi connectivity index (χ1v) is 7.46. The smallest absolute Gasteiger partial charge is 0.410 e. The zero-order chi connectivity index (χ0) is 18.0. The maximum atomic E-state index is 12.7. The highest BCUT2D eigenvalue weighted by Crippen LogP contribution is 2.28. The van der Waals surface area contributed by atoms with Crippen molar-refractivity contribution in [2.75, 3.05) is 24.6 Å². The van der Waals surface area contributed by atoms with E-state index in [1.54, 1.807) is 31.3 Å². The van der Waals surface area contributed by atoms with Crippen LogP contribution in [0.3, 0.4) is 0 Å². The molecule has 25 heavy (non-hydrogen) atoms. The molecule has 2 aromatic rings. The molecule has 1 unspecified atom stereocenters. The van der Waals surface area contributed by atoms with Crippen molar-refractivity contribution in [3.63, 3.8) is 0 Å². The van der Waals surface area contributed by atoms with Crippen LogP contribution in [-0.4, -0.2) is 36.6 Å². The fraction of sp³-hybridized carbons (Fsp3) is 0.250. The van der Waals surface area contributed by atoms with Crippen LogP contribution in [0, 0.1) is 0 Å². The largest absolute Gasteiger partial charge is 0.457 e. The second-order valence-electron chi connectivity index (χ2n) is 5.41. The molecule has 132 valence electrons. The van der Waals surface area contributed by atoms with Crippen molar-refractivity contribution in [3.8, 4) is 11.5 Å². The monoisotopic (exact) mass is 351 g/mol. The van der Waals surface area contributed by atoms with Crippen molar-refractivity contribution in [2.45, 2.75) is 12.2 Å². The highest BCUT2D eigenvalue weighted by molar-refractivity contribution is 5.98. The number of pyridine rings is 1. The van der Waals surface area contributed by atoms with Crippen LogP contribution in [0.5, 0.6) is 11.5 Å². The third-order valence-electron chi connectivity index (χ3n) is 3.64. The molecule has 6 nitrogen and oxygen atoms in total. The standard InChI is InChI=1S/C16H16F3N5O/c1-21-12-3-2-9(6-11(12)20)25-10-4-5-22-13(7-10)15-23-8-14(24-15)16(17,18)19/h2-7,14,21H,8,20H2,1H3,(H,23,24). The van der Waals surface area contributed by atoms with E-state index in [4.69, 9.17) is 10.5 Å². The lowest BCUT2D eigenvalue weighted by molar-refractivity contribution is -0.147. The molecule has 3 rings (SSSR count). The molecule has 0 saturated carbocycles. The fourth-order valence-corrected chi connectivity index (χ4v) is 2.35. The summed E-state index contributed by atoms with van der Waals surface area (Å²) in [4.78, 5) is 7.93. The molecular weight excluding hydrogens is 335 g/mol.